The van der Waals surface area contributed by atoms with Crippen molar-refractivity contribution in [2.45, 2.75) is 32.0 Å². The quantitative estimate of drug-likeness (QED) is 0.796. The molecule has 0 saturated carbocycles. The molecular formula is C17H27NO4. The molecule has 22 heavy (non-hydrogen) atoms. The first-order valence-electron chi connectivity index (χ1n) is 7.92. The van der Waals surface area contributed by atoms with E-state index in [4.69, 9.17) is 14.2 Å². The molecule has 0 radical (unpaired) electrons. The van der Waals surface area contributed by atoms with Crippen LogP contribution in [-0.2, 0) is 11.3 Å². The van der Waals surface area contributed by atoms with Crippen molar-refractivity contribution in [1.29, 1.82) is 0 Å². The van der Waals surface area contributed by atoms with Crippen molar-refractivity contribution in [1.82, 2.24) is 4.90 Å². The fourth-order valence-electron chi connectivity index (χ4n) is 2.79. The Bertz CT molecular complexity index is 446. The summed E-state index contributed by atoms with van der Waals surface area (Å²) in [7, 11) is 3.27. The number of hydrogen-bond acceptors (Lipinski definition) is 5. The van der Waals surface area contributed by atoms with Crippen LogP contribution in [-0.4, -0.2) is 56.6 Å². The van der Waals surface area contributed by atoms with Gasteiger partial charge in [0.25, 0.3) is 0 Å². The summed E-state index contributed by atoms with van der Waals surface area (Å²) in [5, 5.41) is 10.1. The second kappa shape index (κ2) is 8.98. The molecule has 1 aromatic rings. The first-order chi connectivity index (χ1) is 10.7. The van der Waals surface area contributed by atoms with Crippen molar-refractivity contribution in [2.75, 3.05) is 40.5 Å². The van der Waals surface area contributed by atoms with Crippen LogP contribution in [0.2, 0.25) is 0 Å². The van der Waals surface area contributed by atoms with Gasteiger partial charge in [-0.05, 0) is 44.1 Å². The highest BCUT2D eigenvalue weighted by atomic mass is 16.5. The lowest BCUT2D eigenvalue weighted by atomic mass is 10.1. The number of aliphatic hydroxyl groups excluding tert-OH is 1. The summed E-state index contributed by atoms with van der Waals surface area (Å²) in [5.74, 6) is 1.54. The van der Waals surface area contributed by atoms with Gasteiger partial charge in [0.15, 0.2) is 0 Å². The zero-order chi connectivity index (χ0) is 15.8. The maximum Gasteiger partial charge on any atom is 0.124 e. The molecule has 1 saturated heterocycles. The fourth-order valence-corrected chi connectivity index (χ4v) is 2.79. The molecule has 1 aromatic carbocycles. The monoisotopic (exact) mass is 309 g/mol. The molecule has 1 heterocycles. The number of likely N-dealkylation sites (tertiary alicyclic amines) is 1. The Hall–Kier alpha value is -1.30. The van der Waals surface area contributed by atoms with E-state index in [-0.39, 0.29) is 0 Å². The zero-order valence-corrected chi connectivity index (χ0v) is 13.6. The molecule has 1 N–H and O–H groups in total. The molecule has 1 fully saturated rings. The third kappa shape index (κ3) is 5.16. The molecule has 0 spiro atoms. The zero-order valence-electron chi connectivity index (χ0n) is 13.6. The maximum atomic E-state index is 10.1. The number of nitrogens with zero attached hydrogens (tertiary/aromatic N) is 1. The topological polar surface area (TPSA) is 51.2 Å². The van der Waals surface area contributed by atoms with Crippen molar-refractivity contribution >= 4 is 0 Å². The molecule has 2 rings (SSSR count). The van der Waals surface area contributed by atoms with E-state index in [0.29, 0.717) is 19.8 Å². The number of benzene rings is 1. The molecule has 1 atom stereocenters. The fraction of sp³-hybridized carbons (Fsp3) is 0.647. The van der Waals surface area contributed by atoms with Crippen LogP contribution in [0.3, 0.4) is 0 Å². The minimum atomic E-state index is -0.449. The first kappa shape index (κ1) is 17.1. The van der Waals surface area contributed by atoms with Gasteiger partial charge >= 0.3 is 0 Å². The van der Waals surface area contributed by atoms with E-state index in [1.807, 2.05) is 18.2 Å². The molecule has 5 nitrogen and oxygen atoms in total. The Morgan fingerprint density at radius 1 is 1.14 bits per heavy atom. The van der Waals surface area contributed by atoms with E-state index in [1.54, 1.807) is 14.2 Å². The number of methoxy groups -OCH3 is 2. The van der Waals surface area contributed by atoms with Crippen LogP contribution in [0.1, 0.15) is 24.8 Å². The van der Waals surface area contributed by atoms with Gasteiger partial charge in [-0.2, -0.15) is 0 Å². The van der Waals surface area contributed by atoms with Crippen molar-refractivity contribution in [3.05, 3.63) is 23.8 Å². The SMILES string of the molecule is COc1ccc(OC)c(COC[C@@H](O)CN2CCCCC2)c1. The molecule has 124 valence electrons. The van der Waals surface area contributed by atoms with Gasteiger partial charge in [0, 0.05) is 12.1 Å². The Labute approximate surface area is 132 Å². The lowest BCUT2D eigenvalue weighted by molar-refractivity contribution is 0.00663. The van der Waals surface area contributed by atoms with E-state index < -0.39 is 6.10 Å². The molecule has 0 aromatic heterocycles. The van der Waals surface area contributed by atoms with Crippen molar-refractivity contribution in [3.8, 4) is 11.5 Å². The van der Waals surface area contributed by atoms with Gasteiger partial charge in [-0.3, -0.25) is 0 Å². The second-order valence-electron chi connectivity index (χ2n) is 5.71. The normalized spacial score (nSPS) is 17.2. The van der Waals surface area contributed by atoms with Crippen molar-refractivity contribution in [2.24, 2.45) is 0 Å². The second-order valence-corrected chi connectivity index (χ2v) is 5.71. The highest BCUT2D eigenvalue weighted by Gasteiger charge is 2.15. The number of aliphatic hydroxyl groups is 1. The third-order valence-corrected chi connectivity index (χ3v) is 3.97. The summed E-state index contributed by atoms with van der Waals surface area (Å²) in [5.41, 5.74) is 0.923. The largest absolute Gasteiger partial charge is 0.497 e. The van der Waals surface area contributed by atoms with Crippen molar-refractivity contribution in [3.63, 3.8) is 0 Å². The average Bonchev–Trinajstić information content (AvgIpc) is 2.55. The van der Waals surface area contributed by atoms with Crippen LogP contribution in [0.15, 0.2) is 18.2 Å². The third-order valence-electron chi connectivity index (χ3n) is 3.97. The van der Waals surface area contributed by atoms with Crippen LogP contribution in [0.25, 0.3) is 0 Å². The Morgan fingerprint density at radius 3 is 2.59 bits per heavy atom. The Kier molecular flexibility index (Phi) is 6.96. The maximum absolute atomic E-state index is 10.1. The smallest absolute Gasteiger partial charge is 0.124 e. The summed E-state index contributed by atoms with van der Waals surface area (Å²) in [6.45, 7) is 3.59. The lowest BCUT2D eigenvalue weighted by Crippen LogP contribution is -2.38. The van der Waals surface area contributed by atoms with Gasteiger partial charge in [-0.1, -0.05) is 6.42 Å². The summed E-state index contributed by atoms with van der Waals surface area (Å²) in [6.07, 6.45) is 3.32. The lowest BCUT2D eigenvalue weighted by Gasteiger charge is -2.28. The van der Waals surface area contributed by atoms with Crippen LogP contribution in [0, 0.1) is 0 Å². The molecule has 0 unspecified atom stereocenters. The van der Waals surface area contributed by atoms with Crippen LogP contribution >= 0.6 is 0 Å². The highest BCUT2D eigenvalue weighted by molar-refractivity contribution is 5.39. The predicted molar refractivity (Wildman–Crippen MR) is 85.5 cm³/mol. The van der Waals surface area contributed by atoms with Crippen LogP contribution in [0.4, 0.5) is 0 Å². The minimum Gasteiger partial charge on any atom is -0.497 e. The number of β-amino-alcohol motifs (C(OH)–C–C–N with tert-alkyl or cyclic N) is 1. The van der Waals surface area contributed by atoms with E-state index in [1.165, 1.54) is 19.3 Å². The number of piperidine rings is 1. The molecular weight excluding hydrogens is 282 g/mol. The van der Waals surface area contributed by atoms with Gasteiger partial charge in [0.05, 0.1) is 33.5 Å². The summed E-state index contributed by atoms with van der Waals surface area (Å²) in [6, 6.07) is 5.62. The van der Waals surface area contributed by atoms with Crippen LogP contribution in [0.5, 0.6) is 11.5 Å². The number of rotatable bonds is 8. The molecule has 0 amide bonds. The average molecular weight is 309 g/mol. The first-order valence-corrected chi connectivity index (χ1v) is 7.92. The molecule has 0 aliphatic carbocycles. The molecule has 5 heteroatoms. The minimum absolute atomic E-state index is 0.330. The Balaban J connectivity index is 1.77. The highest BCUT2D eigenvalue weighted by Crippen LogP contribution is 2.24. The standard InChI is InChI=1S/C17H27NO4/c1-20-16-6-7-17(21-2)14(10-16)12-22-13-15(19)11-18-8-4-3-5-9-18/h6-7,10,15,19H,3-5,8-9,11-13H2,1-2H3/t15-/m0/s1. The summed E-state index contributed by atoms with van der Waals surface area (Å²) >= 11 is 0. The molecule has 1 aliphatic rings. The molecule has 1 aliphatic heterocycles. The van der Waals surface area contributed by atoms with E-state index in [2.05, 4.69) is 4.90 Å². The van der Waals surface area contributed by atoms with E-state index >= 15 is 0 Å². The Morgan fingerprint density at radius 2 is 1.91 bits per heavy atom. The van der Waals surface area contributed by atoms with Gasteiger partial charge in [0.2, 0.25) is 0 Å². The number of ether oxygens (including phenoxy) is 3. The predicted octanol–water partition coefficient (Wildman–Crippen LogP) is 2.07. The summed E-state index contributed by atoms with van der Waals surface area (Å²) < 4.78 is 16.2. The van der Waals surface area contributed by atoms with Gasteiger partial charge in [0.1, 0.15) is 11.5 Å². The van der Waals surface area contributed by atoms with Crippen LogP contribution < -0.4 is 9.47 Å². The van der Waals surface area contributed by atoms with E-state index in [9.17, 15) is 5.11 Å². The number of hydrogen-bond donors (Lipinski definition) is 1. The van der Waals surface area contributed by atoms with E-state index in [0.717, 1.165) is 30.2 Å². The summed E-state index contributed by atoms with van der Waals surface area (Å²) in [4.78, 5) is 2.31. The van der Waals surface area contributed by atoms with Gasteiger partial charge in [-0.25, -0.2) is 0 Å². The van der Waals surface area contributed by atoms with Gasteiger partial charge in [-0.15, -0.1) is 0 Å². The van der Waals surface area contributed by atoms with Crippen molar-refractivity contribution < 1.29 is 19.3 Å². The van der Waals surface area contributed by atoms with Gasteiger partial charge < -0.3 is 24.2 Å². The molecule has 0 bridgehead atoms.